The number of anilines is 3. The van der Waals surface area contributed by atoms with Crippen LogP contribution in [0.4, 0.5) is 30.6 Å². The third kappa shape index (κ3) is 8.09. The van der Waals surface area contributed by atoms with Gasteiger partial charge in [0.2, 0.25) is 16.0 Å². The molecule has 1 unspecified atom stereocenters. The Balaban J connectivity index is 1.50. The summed E-state index contributed by atoms with van der Waals surface area (Å²) < 4.78 is 70.5. The molecule has 0 radical (unpaired) electrons. The number of rotatable bonds is 9. The zero-order chi connectivity index (χ0) is 29.1. The highest BCUT2D eigenvalue weighted by molar-refractivity contribution is 7.88. The summed E-state index contributed by atoms with van der Waals surface area (Å²) in [5, 5.41) is 16.2. The van der Waals surface area contributed by atoms with Gasteiger partial charge in [-0.2, -0.15) is 18.2 Å². The van der Waals surface area contributed by atoms with E-state index >= 15 is 0 Å². The Morgan fingerprint density at radius 3 is 2.45 bits per heavy atom. The van der Waals surface area contributed by atoms with Crippen LogP contribution in [-0.4, -0.2) is 85.8 Å². The van der Waals surface area contributed by atoms with Gasteiger partial charge in [0.25, 0.3) is 0 Å². The number of β-amino-alcohol motifs (C(OH)–C–C–N with tert-alkyl or cyclic N) is 1. The highest BCUT2D eigenvalue weighted by Gasteiger charge is 2.39. The summed E-state index contributed by atoms with van der Waals surface area (Å²) >= 11 is 6.38. The number of fused-ring (bicyclic) bond motifs is 1. The fourth-order valence-electron chi connectivity index (χ4n) is 5.14. The minimum absolute atomic E-state index is 0.204. The number of aromatic nitrogens is 2. The molecule has 0 saturated heterocycles. The zero-order valence-corrected chi connectivity index (χ0v) is 23.8. The van der Waals surface area contributed by atoms with Gasteiger partial charge in [-0.3, -0.25) is 4.90 Å². The maximum absolute atomic E-state index is 12.8. The summed E-state index contributed by atoms with van der Waals surface area (Å²) in [6.07, 6.45) is -0.194. The third-order valence-electron chi connectivity index (χ3n) is 7.17. The Labute approximate surface area is 236 Å². The van der Waals surface area contributed by atoms with Gasteiger partial charge in [0.1, 0.15) is 10.8 Å². The third-order valence-corrected chi connectivity index (χ3v) is 8.18. The number of sulfonamides is 1. The molecule has 10 nitrogen and oxygen atoms in total. The van der Waals surface area contributed by atoms with Crippen LogP contribution in [0, 0.1) is 0 Å². The van der Waals surface area contributed by atoms with Crippen molar-refractivity contribution in [2.24, 2.45) is 0 Å². The van der Waals surface area contributed by atoms with Crippen molar-refractivity contribution in [3.8, 4) is 5.75 Å². The van der Waals surface area contributed by atoms with Crippen molar-refractivity contribution < 1.29 is 31.4 Å². The number of hydrogen-bond acceptors (Lipinski definition) is 9. The maximum Gasteiger partial charge on any atom is 0.415 e. The van der Waals surface area contributed by atoms with Gasteiger partial charge < -0.3 is 20.5 Å². The van der Waals surface area contributed by atoms with E-state index in [2.05, 4.69) is 25.3 Å². The molecule has 222 valence electrons. The van der Waals surface area contributed by atoms with Crippen LogP contribution in [0.1, 0.15) is 36.8 Å². The first-order chi connectivity index (χ1) is 18.8. The first-order valence-electron chi connectivity index (χ1n) is 13.0. The minimum Gasteiger partial charge on any atom is -0.495 e. The van der Waals surface area contributed by atoms with Gasteiger partial charge in [-0.05, 0) is 48.9 Å². The van der Waals surface area contributed by atoms with Crippen LogP contribution in [0.5, 0.6) is 5.75 Å². The molecule has 2 heterocycles. The molecule has 0 amide bonds. The first-order valence-corrected chi connectivity index (χ1v) is 15.3. The van der Waals surface area contributed by atoms with Crippen LogP contribution in [0.15, 0.2) is 18.3 Å². The summed E-state index contributed by atoms with van der Waals surface area (Å²) in [7, 11) is -1.87. The number of methoxy groups -OCH3 is 1. The average molecular weight is 607 g/mol. The Hall–Kier alpha value is -2.39. The van der Waals surface area contributed by atoms with Crippen LogP contribution < -0.4 is 20.1 Å². The van der Waals surface area contributed by atoms with Crippen molar-refractivity contribution in [1.29, 1.82) is 0 Å². The van der Waals surface area contributed by atoms with Gasteiger partial charge in [-0.25, -0.2) is 18.1 Å². The van der Waals surface area contributed by atoms with Gasteiger partial charge in [0, 0.05) is 31.7 Å². The molecule has 1 fully saturated rings. The molecule has 1 aromatic heterocycles. The predicted molar refractivity (Wildman–Crippen MR) is 147 cm³/mol. The van der Waals surface area contributed by atoms with E-state index in [0.717, 1.165) is 36.6 Å². The smallest absolute Gasteiger partial charge is 0.415 e. The Morgan fingerprint density at radius 1 is 1.18 bits per heavy atom. The van der Waals surface area contributed by atoms with E-state index in [0.29, 0.717) is 49.6 Å². The molecule has 1 aromatic carbocycles. The molecule has 15 heteroatoms. The Kier molecular flexibility index (Phi) is 9.66. The zero-order valence-electron chi connectivity index (χ0n) is 22.3. The molecule has 40 heavy (non-hydrogen) atoms. The summed E-state index contributed by atoms with van der Waals surface area (Å²) in [6.45, 7) is 0.263. The largest absolute Gasteiger partial charge is 0.495 e. The van der Waals surface area contributed by atoms with Crippen LogP contribution in [0.25, 0.3) is 0 Å². The summed E-state index contributed by atoms with van der Waals surface area (Å²) in [6, 6.07) is 3.22. The number of halogens is 4. The number of aliphatic hydroxyl groups is 1. The van der Waals surface area contributed by atoms with Crippen molar-refractivity contribution in [3.05, 3.63) is 34.5 Å². The molecular weight excluding hydrogens is 573 g/mol. The highest BCUT2D eigenvalue weighted by atomic mass is 35.5. The number of nitrogens with one attached hydrogen (secondary N) is 3. The SMILES string of the molecule is COc1cc2c(cc1Nc1ncc(Cl)c(N[C@@H]3CCCC[C@H]3NS(C)(=O)=O)n1)CCN(CC(O)C(F)(F)F)CC2. The number of ether oxygens (including phenoxy) is 1. The van der Waals surface area contributed by atoms with E-state index in [-0.39, 0.29) is 23.1 Å². The molecule has 1 aliphatic carbocycles. The topological polar surface area (TPSA) is 129 Å². The van der Waals surface area contributed by atoms with Gasteiger partial charge in [0.05, 0.1) is 25.2 Å². The van der Waals surface area contributed by atoms with Crippen molar-refractivity contribution in [3.63, 3.8) is 0 Å². The lowest BCUT2D eigenvalue weighted by Crippen LogP contribution is -2.48. The molecule has 2 aromatic rings. The predicted octanol–water partition coefficient (Wildman–Crippen LogP) is 3.48. The standard InChI is InChI=1S/C25H34ClF3N6O4S/c1-39-21-12-16-8-10-35(14-22(36)25(27,28)29)9-7-15(16)11-20(21)32-24-30-13-17(26)23(33-24)31-18-5-3-4-6-19(18)34-40(2,37)38/h11-13,18-19,22,34,36H,3-10,14H2,1-2H3,(H2,30,31,32,33)/t18-,19-,22?/m1/s1. The summed E-state index contributed by atoms with van der Waals surface area (Å²) in [5.74, 6) is 1.11. The Morgan fingerprint density at radius 2 is 1.82 bits per heavy atom. The van der Waals surface area contributed by atoms with Gasteiger partial charge >= 0.3 is 6.18 Å². The normalized spacial score (nSPS) is 21.3. The second-order valence-corrected chi connectivity index (χ2v) is 12.4. The first kappa shape index (κ1) is 30.6. The monoisotopic (exact) mass is 606 g/mol. The molecule has 1 aliphatic heterocycles. The van der Waals surface area contributed by atoms with Gasteiger partial charge in [-0.15, -0.1) is 0 Å². The second-order valence-electron chi connectivity index (χ2n) is 10.2. The molecular formula is C25H34ClF3N6O4S. The van der Waals surface area contributed by atoms with E-state index < -0.39 is 28.8 Å². The second kappa shape index (κ2) is 12.6. The van der Waals surface area contributed by atoms with Crippen LogP contribution in [0.2, 0.25) is 5.02 Å². The number of nitrogens with zero attached hydrogens (tertiary/aromatic N) is 3. The van der Waals surface area contributed by atoms with E-state index in [9.17, 15) is 26.7 Å². The molecule has 4 N–H and O–H groups in total. The molecule has 0 bridgehead atoms. The molecule has 3 atom stereocenters. The van der Waals surface area contributed by atoms with Crippen LogP contribution >= 0.6 is 11.6 Å². The number of benzene rings is 1. The van der Waals surface area contributed by atoms with Crippen molar-refractivity contribution in [2.75, 3.05) is 43.6 Å². The van der Waals surface area contributed by atoms with E-state index in [1.54, 1.807) is 4.90 Å². The molecule has 2 aliphatic rings. The Bertz CT molecular complexity index is 1300. The van der Waals surface area contributed by atoms with Crippen LogP contribution in [0.3, 0.4) is 0 Å². The quantitative estimate of drug-likeness (QED) is 0.339. The van der Waals surface area contributed by atoms with E-state index in [1.807, 2.05) is 12.1 Å². The number of aliphatic hydroxyl groups excluding tert-OH is 1. The molecule has 4 rings (SSSR count). The lowest BCUT2D eigenvalue weighted by Gasteiger charge is -2.32. The van der Waals surface area contributed by atoms with Crippen molar-refractivity contribution in [1.82, 2.24) is 19.6 Å². The van der Waals surface area contributed by atoms with Crippen molar-refractivity contribution >= 4 is 39.1 Å². The van der Waals surface area contributed by atoms with Crippen LogP contribution in [-0.2, 0) is 22.9 Å². The summed E-state index contributed by atoms with van der Waals surface area (Å²) in [4.78, 5) is 10.4. The highest BCUT2D eigenvalue weighted by Crippen LogP contribution is 2.34. The minimum atomic E-state index is -4.66. The lowest BCUT2D eigenvalue weighted by atomic mass is 9.91. The number of alkyl halides is 3. The maximum atomic E-state index is 12.8. The average Bonchev–Trinajstić information content (AvgIpc) is 3.07. The molecule has 0 spiro atoms. The van der Waals surface area contributed by atoms with E-state index in [4.69, 9.17) is 16.3 Å². The van der Waals surface area contributed by atoms with E-state index in [1.165, 1.54) is 13.3 Å². The fourth-order valence-corrected chi connectivity index (χ4v) is 6.12. The summed E-state index contributed by atoms with van der Waals surface area (Å²) in [5.41, 5.74) is 2.47. The fraction of sp³-hybridized carbons (Fsp3) is 0.600. The number of hydrogen-bond donors (Lipinski definition) is 4. The van der Waals surface area contributed by atoms with Gasteiger partial charge in [0.15, 0.2) is 11.9 Å². The molecule has 1 saturated carbocycles. The van der Waals surface area contributed by atoms with Gasteiger partial charge in [-0.1, -0.05) is 24.4 Å². The lowest BCUT2D eigenvalue weighted by molar-refractivity contribution is -0.208. The van der Waals surface area contributed by atoms with Crippen molar-refractivity contribution in [2.45, 2.75) is 62.9 Å².